The van der Waals surface area contributed by atoms with Gasteiger partial charge in [0, 0.05) is 28.4 Å². The minimum Gasteiger partial charge on any atom is -0.352 e. The predicted molar refractivity (Wildman–Crippen MR) is 136 cm³/mol. The Morgan fingerprint density at radius 3 is 2.41 bits per heavy atom. The molecule has 0 saturated heterocycles. The number of carbonyl (C=O) groups is 2. The van der Waals surface area contributed by atoms with Crippen molar-refractivity contribution in [3.63, 3.8) is 0 Å². The van der Waals surface area contributed by atoms with Gasteiger partial charge in [-0.25, -0.2) is 0 Å². The van der Waals surface area contributed by atoms with Gasteiger partial charge in [0.25, 0.3) is 0 Å². The monoisotopic (exact) mass is 494 g/mol. The molecule has 2 aromatic rings. The molecule has 0 bridgehead atoms. The van der Waals surface area contributed by atoms with Crippen molar-refractivity contribution in [1.29, 1.82) is 0 Å². The summed E-state index contributed by atoms with van der Waals surface area (Å²) in [6, 6.07) is 15.0. The highest BCUT2D eigenvalue weighted by molar-refractivity contribution is 7.99. The summed E-state index contributed by atoms with van der Waals surface area (Å²) in [5.41, 5.74) is 2.08. The zero-order valence-electron chi connectivity index (χ0n) is 18.9. The van der Waals surface area contributed by atoms with E-state index >= 15 is 0 Å². The normalized spacial score (nSPS) is 12.8. The summed E-state index contributed by atoms with van der Waals surface area (Å²) in [4.78, 5) is 27.9. The fourth-order valence-electron chi connectivity index (χ4n) is 3.31. The van der Waals surface area contributed by atoms with Crippen LogP contribution in [0.15, 0.2) is 48.5 Å². The molecule has 0 unspecified atom stereocenters. The van der Waals surface area contributed by atoms with Crippen molar-refractivity contribution in [1.82, 2.24) is 10.2 Å². The van der Waals surface area contributed by atoms with Crippen molar-refractivity contribution >= 4 is 46.8 Å². The second kappa shape index (κ2) is 13.8. The molecule has 32 heavy (non-hydrogen) atoms. The van der Waals surface area contributed by atoms with Crippen LogP contribution in [0.5, 0.6) is 0 Å². The summed E-state index contributed by atoms with van der Waals surface area (Å²) < 4.78 is 0. The lowest BCUT2D eigenvalue weighted by molar-refractivity contribution is -0.139. The van der Waals surface area contributed by atoms with E-state index in [-0.39, 0.29) is 23.6 Å². The van der Waals surface area contributed by atoms with Crippen molar-refractivity contribution < 1.29 is 9.59 Å². The van der Waals surface area contributed by atoms with E-state index in [2.05, 4.69) is 5.32 Å². The van der Waals surface area contributed by atoms with Crippen LogP contribution in [0, 0.1) is 0 Å². The summed E-state index contributed by atoms with van der Waals surface area (Å²) >= 11 is 13.7. The summed E-state index contributed by atoms with van der Waals surface area (Å²) in [7, 11) is 0. The molecule has 2 rings (SSSR count). The number of thioether (sulfide) groups is 1. The third-order valence-corrected chi connectivity index (χ3v) is 6.92. The van der Waals surface area contributed by atoms with Crippen LogP contribution in [-0.4, -0.2) is 41.1 Å². The first-order valence-corrected chi connectivity index (χ1v) is 12.9. The largest absolute Gasteiger partial charge is 0.352 e. The summed E-state index contributed by atoms with van der Waals surface area (Å²) in [6.07, 6.45) is 2.11. The Kier molecular flexibility index (Phi) is 11.4. The molecular formula is C25H32Cl2N2O2S. The lowest BCUT2D eigenvalue weighted by Crippen LogP contribution is -2.52. The van der Waals surface area contributed by atoms with Crippen LogP contribution in [0.2, 0.25) is 10.0 Å². The molecule has 2 atom stereocenters. The molecule has 0 fully saturated rings. The Morgan fingerprint density at radius 1 is 1.06 bits per heavy atom. The van der Waals surface area contributed by atoms with Crippen LogP contribution in [0.25, 0.3) is 0 Å². The minimum absolute atomic E-state index is 0.0397. The third-order valence-electron chi connectivity index (χ3n) is 5.37. The van der Waals surface area contributed by atoms with Crippen LogP contribution >= 0.6 is 35.0 Å². The van der Waals surface area contributed by atoms with Crippen molar-refractivity contribution in [3.8, 4) is 0 Å². The van der Waals surface area contributed by atoms with E-state index in [0.717, 1.165) is 17.5 Å². The number of nitrogens with zero attached hydrogens (tertiary/aromatic N) is 1. The van der Waals surface area contributed by atoms with Gasteiger partial charge in [0.2, 0.25) is 11.8 Å². The number of benzene rings is 2. The van der Waals surface area contributed by atoms with Crippen LogP contribution in [0.1, 0.15) is 44.7 Å². The highest BCUT2D eigenvalue weighted by Crippen LogP contribution is 2.25. The lowest BCUT2D eigenvalue weighted by Gasteiger charge is -2.31. The first kappa shape index (κ1) is 26.6. The Bertz CT molecular complexity index is 880. The SMILES string of the molecule is CC[C@H](C(=O)N[C@@H](C)CC)N(CCc1ccccc1)C(=O)CSCc1ccc(Cl)cc1Cl. The second-order valence-electron chi connectivity index (χ2n) is 7.79. The molecule has 0 aliphatic carbocycles. The van der Waals surface area contributed by atoms with Crippen LogP contribution < -0.4 is 5.32 Å². The highest BCUT2D eigenvalue weighted by atomic mass is 35.5. The number of hydrogen-bond acceptors (Lipinski definition) is 3. The maximum Gasteiger partial charge on any atom is 0.243 e. The Morgan fingerprint density at radius 2 is 1.78 bits per heavy atom. The van der Waals surface area contributed by atoms with E-state index in [4.69, 9.17) is 23.2 Å². The zero-order valence-corrected chi connectivity index (χ0v) is 21.3. The molecule has 0 aromatic heterocycles. The van der Waals surface area contributed by atoms with Crippen molar-refractivity contribution in [2.45, 2.75) is 57.9 Å². The van der Waals surface area contributed by atoms with Gasteiger partial charge in [-0.05, 0) is 49.4 Å². The maximum atomic E-state index is 13.2. The highest BCUT2D eigenvalue weighted by Gasteiger charge is 2.28. The Hall–Kier alpha value is -1.69. The van der Waals surface area contributed by atoms with Gasteiger partial charge in [-0.2, -0.15) is 0 Å². The maximum absolute atomic E-state index is 13.2. The smallest absolute Gasteiger partial charge is 0.243 e. The predicted octanol–water partition coefficient (Wildman–Crippen LogP) is 5.99. The van der Waals surface area contributed by atoms with Crippen LogP contribution in [-0.2, 0) is 21.8 Å². The molecule has 2 aromatic carbocycles. The standard InChI is InChI=1S/C25H32Cl2N2O2S/c1-4-18(3)28-25(31)23(5-2)29(14-13-19-9-7-6-8-10-19)24(30)17-32-16-20-11-12-21(26)15-22(20)27/h6-12,15,18,23H,4-5,13-14,16-17H2,1-3H3,(H,28,31)/t18-,23+/m0/s1. The van der Waals surface area contributed by atoms with Crippen molar-refractivity contribution in [2.75, 3.05) is 12.3 Å². The van der Waals surface area contributed by atoms with E-state index in [9.17, 15) is 9.59 Å². The summed E-state index contributed by atoms with van der Waals surface area (Å²) in [5, 5.41) is 4.22. The molecule has 2 amide bonds. The number of nitrogens with one attached hydrogen (secondary N) is 1. The van der Waals surface area contributed by atoms with E-state index in [0.29, 0.717) is 35.2 Å². The average molecular weight is 496 g/mol. The molecule has 0 aliphatic rings. The molecule has 4 nitrogen and oxygen atoms in total. The lowest BCUT2D eigenvalue weighted by atomic mass is 10.1. The van der Waals surface area contributed by atoms with E-state index in [1.165, 1.54) is 11.8 Å². The zero-order chi connectivity index (χ0) is 23.5. The molecule has 0 aliphatic heterocycles. The number of rotatable bonds is 12. The molecule has 7 heteroatoms. The first-order valence-electron chi connectivity index (χ1n) is 11.0. The second-order valence-corrected chi connectivity index (χ2v) is 9.62. The Labute approximate surface area is 206 Å². The third kappa shape index (κ3) is 8.34. The van der Waals surface area contributed by atoms with E-state index in [1.54, 1.807) is 17.0 Å². The first-order chi connectivity index (χ1) is 15.3. The number of halogens is 2. The van der Waals surface area contributed by atoms with Gasteiger partial charge in [0.05, 0.1) is 5.75 Å². The van der Waals surface area contributed by atoms with Crippen LogP contribution in [0.4, 0.5) is 0 Å². The van der Waals surface area contributed by atoms with E-state index < -0.39 is 6.04 Å². The molecule has 1 N–H and O–H groups in total. The summed E-state index contributed by atoms with van der Waals surface area (Å²) in [5.74, 6) is 0.751. The molecule has 0 radical (unpaired) electrons. The number of amides is 2. The van der Waals surface area contributed by atoms with Gasteiger partial charge in [-0.1, -0.05) is 73.4 Å². The van der Waals surface area contributed by atoms with Crippen molar-refractivity contribution in [3.05, 3.63) is 69.7 Å². The fraction of sp³-hybridized carbons (Fsp3) is 0.440. The van der Waals surface area contributed by atoms with Crippen molar-refractivity contribution in [2.24, 2.45) is 0 Å². The van der Waals surface area contributed by atoms with Gasteiger partial charge < -0.3 is 10.2 Å². The van der Waals surface area contributed by atoms with Crippen LogP contribution in [0.3, 0.4) is 0 Å². The average Bonchev–Trinajstić information content (AvgIpc) is 2.78. The van der Waals surface area contributed by atoms with Gasteiger partial charge in [0.15, 0.2) is 0 Å². The van der Waals surface area contributed by atoms with Gasteiger partial charge in [-0.15, -0.1) is 11.8 Å². The van der Waals surface area contributed by atoms with Gasteiger partial charge in [-0.3, -0.25) is 9.59 Å². The van der Waals surface area contributed by atoms with E-state index in [1.807, 2.05) is 57.2 Å². The molecule has 0 spiro atoms. The fourth-order valence-corrected chi connectivity index (χ4v) is 4.78. The molecule has 0 saturated carbocycles. The summed E-state index contributed by atoms with van der Waals surface area (Å²) in [6.45, 7) is 6.46. The molecule has 174 valence electrons. The van der Waals surface area contributed by atoms with Gasteiger partial charge >= 0.3 is 0 Å². The molecular weight excluding hydrogens is 463 g/mol. The topological polar surface area (TPSA) is 49.4 Å². The number of carbonyl (C=O) groups excluding carboxylic acids is 2. The quantitative estimate of drug-likeness (QED) is 0.394. The molecule has 0 heterocycles. The number of hydrogen-bond donors (Lipinski definition) is 1. The minimum atomic E-state index is -0.486. The van der Waals surface area contributed by atoms with Gasteiger partial charge in [0.1, 0.15) is 6.04 Å². The Balaban J connectivity index is 2.08.